The number of aldehydes is 1. The molecule has 68 valence electrons. The fourth-order valence-electron chi connectivity index (χ4n) is 1.06. The van der Waals surface area contributed by atoms with Crippen molar-refractivity contribution in [1.29, 1.82) is 0 Å². The van der Waals surface area contributed by atoms with Gasteiger partial charge < -0.3 is 5.73 Å². The summed E-state index contributed by atoms with van der Waals surface area (Å²) in [7, 11) is 0. The average Bonchev–Trinajstić information content (AvgIpc) is 2.02. The van der Waals surface area contributed by atoms with E-state index in [1.807, 2.05) is 0 Å². The predicted molar refractivity (Wildman–Crippen MR) is 53.9 cm³/mol. The zero-order valence-electron chi connectivity index (χ0n) is 7.00. The molecule has 0 amide bonds. The SMILES string of the molecule is CC(=O)c1cc(Br)cc(N)c1C=O. The van der Waals surface area contributed by atoms with Crippen molar-refractivity contribution in [3.8, 4) is 0 Å². The molecule has 0 saturated heterocycles. The molecule has 1 rings (SSSR count). The van der Waals surface area contributed by atoms with E-state index < -0.39 is 0 Å². The van der Waals surface area contributed by atoms with Gasteiger partial charge in [-0.25, -0.2) is 0 Å². The van der Waals surface area contributed by atoms with Gasteiger partial charge >= 0.3 is 0 Å². The molecule has 0 heterocycles. The first-order valence-electron chi connectivity index (χ1n) is 3.61. The van der Waals surface area contributed by atoms with E-state index >= 15 is 0 Å². The van der Waals surface area contributed by atoms with Gasteiger partial charge in [0.1, 0.15) is 0 Å². The molecule has 0 bridgehead atoms. The fraction of sp³-hybridized carbons (Fsp3) is 0.111. The standard InChI is InChI=1S/C9H8BrNO2/c1-5(13)7-2-6(10)3-9(11)8(7)4-12/h2-4H,11H2,1H3. The maximum absolute atomic E-state index is 11.1. The monoisotopic (exact) mass is 241 g/mol. The van der Waals surface area contributed by atoms with Gasteiger partial charge in [-0.05, 0) is 19.1 Å². The first-order valence-corrected chi connectivity index (χ1v) is 4.40. The number of ketones is 1. The number of benzene rings is 1. The van der Waals surface area contributed by atoms with Gasteiger partial charge in [-0.2, -0.15) is 0 Å². The largest absolute Gasteiger partial charge is 0.398 e. The van der Waals surface area contributed by atoms with Gasteiger partial charge in [0, 0.05) is 21.3 Å². The second-order valence-electron chi connectivity index (χ2n) is 2.63. The Balaban J connectivity index is 3.46. The molecule has 13 heavy (non-hydrogen) atoms. The summed E-state index contributed by atoms with van der Waals surface area (Å²) in [5.41, 5.74) is 6.48. The van der Waals surface area contributed by atoms with Gasteiger partial charge in [-0.3, -0.25) is 9.59 Å². The summed E-state index contributed by atoms with van der Waals surface area (Å²) in [4.78, 5) is 21.7. The van der Waals surface area contributed by atoms with Crippen molar-refractivity contribution in [1.82, 2.24) is 0 Å². The molecule has 0 unspecified atom stereocenters. The van der Waals surface area contributed by atoms with Gasteiger partial charge in [-0.1, -0.05) is 15.9 Å². The van der Waals surface area contributed by atoms with E-state index in [0.29, 0.717) is 22.0 Å². The second kappa shape index (κ2) is 3.70. The maximum Gasteiger partial charge on any atom is 0.160 e. The average molecular weight is 242 g/mol. The summed E-state index contributed by atoms with van der Waals surface area (Å²) in [6.07, 6.45) is 0.596. The summed E-state index contributed by atoms with van der Waals surface area (Å²) in [6.45, 7) is 1.40. The minimum absolute atomic E-state index is 0.171. The Kier molecular flexibility index (Phi) is 2.83. The molecule has 0 aliphatic rings. The Morgan fingerprint density at radius 1 is 1.54 bits per heavy atom. The summed E-state index contributed by atoms with van der Waals surface area (Å²) in [6, 6.07) is 3.18. The van der Waals surface area contributed by atoms with Gasteiger partial charge in [0.2, 0.25) is 0 Å². The number of carbonyl (C=O) groups excluding carboxylic acids is 2. The molecular formula is C9H8BrNO2. The Labute approximate surface area is 84.1 Å². The van der Waals surface area contributed by atoms with Crippen molar-refractivity contribution < 1.29 is 9.59 Å². The Morgan fingerprint density at radius 3 is 2.62 bits per heavy atom. The van der Waals surface area contributed by atoms with E-state index in [1.54, 1.807) is 12.1 Å². The number of Topliss-reactive ketones (excluding diaryl/α,β-unsaturated/α-hetero) is 1. The molecule has 0 fully saturated rings. The van der Waals surface area contributed by atoms with Crippen molar-refractivity contribution in [3.05, 3.63) is 27.7 Å². The third kappa shape index (κ3) is 1.95. The Bertz CT molecular complexity index is 374. The van der Waals surface area contributed by atoms with Gasteiger partial charge in [0.25, 0.3) is 0 Å². The topological polar surface area (TPSA) is 60.2 Å². The molecule has 1 aromatic rings. The smallest absolute Gasteiger partial charge is 0.160 e. The van der Waals surface area contributed by atoms with Crippen LogP contribution in [0.5, 0.6) is 0 Å². The lowest BCUT2D eigenvalue weighted by molar-refractivity contribution is 0.101. The zero-order valence-corrected chi connectivity index (χ0v) is 8.59. The molecule has 0 aliphatic heterocycles. The number of nitrogen functional groups attached to an aromatic ring is 1. The van der Waals surface area contributed by atoms with Crippen molar-refractivity contribution in [2.45, 2.75) is 6.92 Å². The first kappa shape index (κ1) is 9.92. The van der Waals surface area contributed by atoms with Crippen LogP contribution >= 0.6 is 15.9 Å². The van der Waals surface area contributed by atoms with Gasteiger partial charge in [-0.15, -0.1) is 0 Å². The third-order valence-electron chi connectivity index (χ3n) is 1.67. The number of hydrogen-bond donors (Lipinski definition) is 1. The van der Waals surface area contributed by atoms with Crippen molar-refractivity contribution in [3.63, 3.8) is 0 Å². The lowest BCUT2D eigenvalue weighted by atomic mass is 10.0. The lowest BCUT2D eigenvalue weighted by Crippen LogP contribution is -2.03. The molecule has 0 aliphatic carbocycles. The zero-order chi connectivity index (χ0) is 10.0. The van der Waals surface area contributed by atoms with E-state index in [-0.39, 0.29) is 11.3 Å². The molecule has 0 spiro atoms. The number of carbonyl (C=O) groups is 2. The summed E-state index contributed by atoms with van der Waals surface area (Å²) in [5.74, 6) is -0.171. The van der Waals surface area contributed by atoms with Crippen LogP contribution in [0.2, 0.25) is 0 Å². The highest BCUT2D eigenvalue weighted by atomic mass is 79.9. The number of nitrogens with two attached hydrogens (primary N) is 1. The number of rotatable bonds is 2. The summed E-state index contributed by atoms with van der Waals surface area (Å²) >= 11 is 3.20. The van der Waals surface area contributed by atoms with Crippen LogP contribution in [0.25, 0.3) is 0 Å². The molecule has 2 N–H and O–H groups in total. The van der Waals surface area contributed by atoms with Gasteiger partial charge in [0.15, 0.2) is 12.1 Å². The van der Waals surface area contributed by atoms with Crippen LogP contribution in [0.15, 0.2) is 16.6 Å². The highest BCUT2D eigenvalue weighted by Crippen LogP contribution is 2.22. The van der Waals surface area contributed by atoms with Crippen LogP contribution in [-0.2, 0) is 0 Å². The molecule has 0 atom stereocenters. The normalized spacial score (nSPS) is 9.69. The van der Waals surface area contributed by atoms with Crippen LogP contribution in [0, 0.1) is 0 Å². The first-order chi connectivity index (χ1) is 6.06. The number of hydrogen-bond acceptors (Lipinski definition) is 3. The van der Waals surface area contributed by atoms with Crippen LogP contribution in [0.1, 0.15) is 27.6 Å². The summed E-state index contributed by atoms with van der Waals surface area (Å²) in [5, 5.41) is 0. The van der Waals surface area contributed by atoms with E-state index in [9.17, 15) is 9.59 Å². The Morgan fingerprint density at radius 2 is 2.15 bits per heavy atom. The second-order valence-corrected chi connectivity index (χ2v) is 3.55. The van der Waals surface area contributed by atoms with E-state index in [2.05, 4.69) is 15.9 Å². The molecular weight excluding hydrogens is 234 g/mol. The highest BCUT2D eigenvalue weighted by Gasteiger charge is 2.10. The minimum Gasteiger partial charge on any atom is -0.398 e. The molecule has 3 nitrogen and oxygen atoms in total. The molecule has 1 aromatic carbocycles. The molecule has 0 saturated carbocycles. The minimum atomic E-state index is -0.171. The van der Waals surface area contributed by atoms with Crippen LogP contribution in [-0.4, -0.2) is 12.1 Å². The molecule has 0 radical (unpaired) electrons. The fourth-order valence-corrected chi connectivity index (χ4v) is 1.54. The number of anilines is 1. The highest BCUT2D eigenvalue weighted by molar-refractivity contribution is 9.10. The molecule has 4 heteroatoms. The number of halogens is 1. The van der Waals surface area contributed by atoms with Crippen molar-refractivity contribution in [2.75, 3.05) is 5.73 Å². The third-order valence-corrected chi connectivity index (χ3v) is 2.13. The molecule has 0 aromatic heterocycles. The Hall–Kier alpha value is -1.16. The van der Waals surface area contributed by atoms with E-state index in [4.69, 9.17) is 5.73 Å². The lowest BCUT2D eigenvalue weighted by Gasteiger charge is -2.04. The van der Waals surface area contributed by atoms with Crippen LogP contribution in [0.3, 0.4) is 0 Å². The van der Waals surface area contributed by atoms with Crippen molar-refractivity contribution >= 4 is 33.7 Å². The maximum atomic E-state index is 11.1. The van der Waals surface area contributed by atoms with E-state index in [0.717, 1.165) is 0 Å². The van der Waals surface area contributed by atoms with Crippen molar-refractivity contribution in [2.24, 2.45) is 0 Å². The van der Waals surface area contributed by atoms with E-state index in [1.165, 1.54) is 6.92 Å². The van der Waals surface area contributed by atoms with Crippen LogP contribution in [0.4, 0.5) is 5.69 Å². The van der Waals surface area contributed by atoms with Crippen LogP contribution < -0.4 is 5.73 Å². The quantitative estimate of drug-likeness (QED) is 0.490. The summed E-state index contributed by atoms with van der Waals surface area (Å²) < 4.78 is 0.695. The predicted octanol–water partition coefficient (Wildman–Crippen LogP) is 2.05. The van der Waals surface area contributed by atoms with Gasteiger partial charge in [0.05, 0.1) is 0 Å².